The fourth-order valence-corrected chi connectivity index (χ4v) is 1.01. The van der Waals surface area contributed by atoms with E-state index in [4.69, 9.17) is 4.74 Å². The molecule has 0 fully saturated rings. The van der Waals surface area contributed by atoms with Crippen molar-refractivity contribution in [2.45, 2.75) is 32.3 Å². The molecule has 0 aromatic rings. The average Bonchev–Trinajstić information content (AvgIpc) is 2.06. The van der Waals surface area contributed by atoms with Gasteiger partial charge in [0.2, 0.25) is 0 Å². The third-order valence-corrected chi connectivity index (χ3v) is 1.69. The van der Waals surface area contributed by atoms with Gasteiger partial charge in [-0.25, -0.2) is 0 Å². The summed E-state index contributed by atoms with van der Waals surface area (Å²) in [7, 11) is 1.68. The number of methoxy groups -OCH3 is 1. The Bertz CT molecular complexity index is 78.6. The van der Waals surface area contributed by atoms with E-state index >= 15 is 0 Å². The van der Waals surface area contributed by atoms with Crippen molar-refractivity contribution in [3.05, 3.63) is 0 Å². The molecular weight excluding hydrogens is 154 g/mol. The van der Waals surface area contributed by atoms with Gasteiger partial charge in [0.25, 0.3) is 0 Å². The Labute approximate surface area is 75.1 Å². The van der Waals surface area contributed by atoms with E-state index in [1.54, 1.807) is 7.11 Å². The molecule has 0 bridgehead atoms. The zero-order valence-electron chi connectivity index (χ0n) is 8.18. The van der Waals surface area contributed by atoms with Crippen LogP contribution in [0.4, 0.5) is 0 Å². The predicted octanol–water partition coefficient (Wildman–Crippen LogP) is 0.773. The maximum absolute atomic E-state index is 9.38. The fraction of sp³-hybridized carbons (Fsp3) is 1.00. The van der Waals surface area contributed by atoms with E-state index in [2.05, 4.69) is 12.2 Å². The zero-order chi connectivity index (χ0) is 9.23. The van der Waals surface area contributed by atoms with Crippen LogP contribution in [-0.2, 0) is 4.74 Å². The summed E-state index contributed by atoms with van der Waals surface area (Å²) in [5.41, 5.74) is 0. The molecule has 0 spiro atoms. The van der Waals surface area contributed by atoms with Gasteiger partial charge in [-0.15, -0.1) is 0 Å². The average molecular weight is 175 g/mol. The maximum atomic E-state index is 9.38. The van der Waals surface area contributed by atoms with Crippen LogP contribution in [0.1, 0.15) is 26.2 Å². The molecule has 0 amide bonds. The first-order valence-corrected chi connectivity index (χ1v) is 4.69. The fourth-order valence-electron chi connectivity index (χ4n) is 1.01. The Kier molecular flexibility index (Phi) is 8.88. The topological polar surface area (TPSA) is 41.5 Å². The number of hydrogen-bond acceptors (Lipinski definition) is 3. The lowest BCUT2D eigenvalue weighted by Gasteiger charge is -2.10. The molecule has 0 aliphatic rings. The van der Waals surface area contributed by atoms with Gasteiger partial charge in [-0.3, -0.25) is 0 Å². The third kappa shape index (κ3) is 7.98. The maximum Gasteiger partial charge on any atom is 0.0665 e. The molecular formula is C9H21NO2. The number of nitrogens with one attached hydrogen (secondary N) is 1. The largest absolute Gasteiger partial charge is 0.392 e. The molecule has 0 radical (unpaired) electrons. The van der Waals surface area contributed by atoms with Gasteiger partial charge in [0, 0.05) is 20.3 Å². The van der Waals surface area contributed by atoms with E-state index in [-0.39, 0.29) is 6.10 Å². The minimum atomic E-state index is -0.216. The minimum absolute atomic E-state index is 0.216. The lowest BCUT2D eigenvalue weighted by atomic mass is 10.2. The lowest BCUT2D eigenvalue weighted by Crippen LogP contribution is -2.27. The van der Waals surface area contributed by atoms with Gasteiger partial charge in [-0.2, -0.15) is 0 Å². The Hall–Kier alpha value is -0.120. The van der Waals surface area contributed by atoms with Crippen LogP contribution in [0.25, 0.3) is 0 Å². The molecule has 2 N–H and O–H groups in total. The number of hydrogen-bond donors (Lipinski definition) is 2. The number of rotatable bonds is 8. The van der Waals surface area contributed by atoms with Gasteiger partial charge in [-0.05, 0) is 25.8 Å². The standard InChI is InChI=1S/C9H21NO2/c1-3-6-10-8-9(11)5-4-7-12-2/h9-11H,3-8H2,1-2H3. The van der Waals surface area contributed by atoms with E-state index in [1.807, 2.05) is 0 Å². The minimum Gasteiger partial charge on any atom is -0.392 e. The van der Waals surface area contributed by atoms with Crippen LogP contribution in [0, 0.1) is 0 Å². The first-order chi connectivity index (χ1) is 5.81. The highest BCUT2D eigenvalue weighted by Crippen LogP contribution is 1.95. The molecule has 0 aliphatic carbocycles. The summed E-state index contributed by atoms with van der Waals surface area (Å²) in [6.07, 6.45) is 2.66. The van der Waals surface area contributed by atoms with E-state index < -0.39 is 0 Å². The van der Waals surface area contributed by atoms with Crippen molar-refractivity contribution in [1.82, 2.24) is 5.32 Å². The van der Waals surface area contributed by atoms with Gasteiger partial charge in [0.1, 0.15) is 0 Å². The third-order valence-electron chi connectivity index (χ3n) is 1.69. The summed E-state index contributed by atoms with van der Waals surface area (Å²) < 4.78 is 4.89. The summed E-state index contributed by atoms with van der Waals surface area (Å²) in [4.78, 5) is 0. The molecule has 3 heteroatoms. The molecule has 0 saturated carbocycles. The van der Waals surface area contributed by atoms with Crippen molar-refractivity contribution in [3.63, 3.8) is 0 Å². The van der Waals surface area contributed by atoms with Crippen LogP contribution >= 0.6 is 0 Å². The smallest absolute Gasteiger partial charge is 0.0665 e. The second-order valence-corrected chi connectivity index (χ2v) is 2.99. The summed E-state index contributed by atoms with van der Waals surface area (Å²) in [6, 6.07) is 0. The van der Waals surface area contributed by atoms with Crippen LogP contribution in [0.3, 0.4) is 0 Å². The Morgan fingerprint density at radius 1 is 1.50 bits per heavy atom. The van der Waals surface area contributed by atoms with Gasteiger partial charge in [0.15, 0.2) is 0 Å². The van der Waals surface area contributed by atoms with E-state index in [1.165, 1.54) is 0 Å². The number of aliphatic hydroxyl groups is 1. The van der Waals surface area contributed by atoms with Crippen molar-refractivity contribution in [3.8, 4) is 0 Å². The van der Waals surface area contributed by atoms with Crippen molar-refractivity contribution in [2.24, 2.45) is 0 Å². The molecule has 0 aromatic heterocycles. The van der Waals surface area contributed by atoms with Crippen LogP contribution in [-0.4, -0.2) is 38.0 Å². The monoisotopic (exact) mass is 175 g/mol. The molecule has 0 heterocycles. The summed E-state index contributed by atoms with van der Waals surface area (Å²) in [5, 5.41) is 12.6. The highest BCUT2D eigenvalue weighted by molar-refractivity contribution is 4.58. The second kappa shape index (κ2) is 8.97. The Morgan fingerprint density at radius 2 is 2.25 bits per heavy atom. The summed E-state index contributed by atoms with van der Waals surface area (Å²) in [6.45, 7) is 4.55. The van der Waals surface area contributed by atoms with E-state index in [9.17, 15) is 5.11 Å². The molecule has 1 unspecified atom stereocenters. The molecule has 0 aromatic carbocycles. The van der Waals surface area contributed by atoms with Gasteiger partial charge < -0.3 is 15.2 Å². The van der Waals surface area contributed by atoms with Crippen LogP contribution < -0.4 is 5.32 Å². The van der Waals surface area contributed by atoms with Crippen molar-refractivity contribution in [1.29, 1.82) is 0 Å². The zero-order valence-corrected chi connectivity index (χ0v) is 8.18. The van der Waals surface area contributed by atoms with Crippen LogP contribution in [0.15, 0.2) is 0 Å². The normalized spacial score (nSPS) is 13.2. The SMILES string of the molecule is CCCNCC(O)CCCOC. The van der Waals surface area contributed by atoms with E-state index in [0.717, 1.165) is 32.4 Å². The molecule has 3 nitrogen and oxygen atoms in total. The van der Waals surface area contributed by atoms with Crippen molar-refractivity contribution >= 4 is 0 Å². The van der Waals surface area contributed by atoms with Gasteiger partial charge >= 0.3 is 0 Å². The Morgan fingerprint density at radius 3 is 2.83 bits per heavy atom. The molecule has 1 atom stereocenters. The van der Waals surface area contributed by atoms with Crippen LogP contribution in [0.2, 0.25) is 0 Å². The summed E-state index contributed by atoms with van der Waals surface area (Å²) in [5.74, 6) is 0. The summed E-state index contributed by atoms with van der Waals surface area (Å²) >= 11 is 0. The second-order valence-electron chi connectivity index (χ2n) is 2.99. The van der Waals surface area contributed by atoms with Crippen molar-refractivity contribution < 1.29 is 9.84 Å². The molecule has 0 rings (SSSR count). The highest BCUT2D eigenvalue weighted by atomic mass is 16.5. The molecule has 0 saturated heterocycles. The Balaban J connectivity index is 3.04. The highest BCUT2D eigenvalue weighted by Gasteiger charge is 2.01. The number of ether oxygens (including phenoxy) is 1. The first kappa shape index (κ1) is 11.9. The van der Waals surface area contributed by atoms with Crippen molar-refractivity contribution in [2.75, 3.05) is 26.8 Å². The van der Waals surface area contributed by atoms with Crippen LogP contribution in [0.5, 0.6) is 0 Å². The molecule has 74 valence electrons. The quantitative estimate of drug-likeness (QED) is 0.535. The number of aliphatic hydroxyl groups excluding tert-OH is 1. The molecule has 12 heavy (non-hydrogen) atoms. The first-order valence-electron chi connectivity index (χ1n) is 4.69. The predicted molar refractivity (Wildman–Crippen MR) is 50.3 cm³/mol. The van der Waals surface area contributed by atoms with Gasteiger partial charge in [0.05, 0.1) is 6.10 Å². The molecule has 0 aliphatic heterocycles. The lowest BCUT2D eigenvalue weighted by molar-refractivity contribution is 0.134. The van der Waals surface area contributed by atoms with Gasteiger partial charge in [-0.1, -0.05) is 6.92 Å². The van der Waals surface area contributed by atoms with E-state index in [0.29, 0.717) is 6.54 Å².